The van der Waals surface area contributed by atoms with E-state index in [1.807, 2.05) is 20.8 Å². The molecule has 4 fully saturated rings. The van der Waals surface area contributed by atoms with Gasteiger partial charge >= 0.3 is 6.09 Å². The van der Waals surface area contributed by atoms with Gasteiger partial charge in [0.2, 0.25) is 0 Å². The number of nitrogens with two attached hydrogens (primary N) is 1. The predicted molar refractivity (Wildman–Crippen MR) is 147 cm³/mol. The molecule has 0 aliphatic carbocycles. The third-order valence-electron chi connectivity index (χ3n) is 6.39. The van der Waals surface area contributed by atoms with Crippen molar-refractivity contribution in [3.8, 4) is 0 Å². The minimum Gasteiger partial charge on any atom is -0.444 e. The lowest BCUT2D eigenvalue weighted by Crippen LogP contribution is -2.46. The molecule has 4 rings (SSSR count). The molecule has 0 radical (unpaired) electrons. The molecule has 0 aromatic heterocycles. The fourth-order valence-electron chi connectivity index (χ4n) is 4.37. The lowest BCUT2D eigenvalue weighted by molar-refractivity contribution is -0.124. The maximum absolute atomic E-state index is 11.4. The minimum atomic E-state index is -0.406. The van der Waals surface area contributed by atoms with Gasteiger partial charge in [-0.05, 0) is 85.5 Å². The highest BCUT2D eigenvalue weighted by molar-refractivity contribution is 5.85. The van der Waals surface area contributed by atoms with Crippen LogP contribution in [0.4, 0.5) is 4.79 Å². The second kappa shape index (κ2) is 19.4. The van der Waals surface area contributed by atoms with Crippen LogP contribution < -0.4 is 16.4 Å². The summed E-state index contributed by atoms with van der Waals surface area (Å²) >= 11 is 0. The van der Waals surface area contributed by atoms with Crippen LogP contribution in [0.25, 0.3) is 0 Å². The summed E-state index contributed by atoms with van der Waals surface area (Å²) in [5, 5.41) is 6.12. The van der Waals surface area contributed by atoms with Crippen LogP contribution in [0.5, 0.6) is 0 Å². The Bertz CT molecular complexity index is 581. The monoisotopic (exact) mass is 556 g/mol. The van der Waals surface area contributed by atoms with Crippen molar-refractivity contribution in [3.05, 3.63) is 0 Å². The van der Waals surface area contributed by atoms with Gasteiger partial charge in [0.15, 0.2) is 0 Å². The number of hydrogen-bond donors (Lipinski definition) is 3. The smallest absolute Gasteiger partial charge is 0.407 e. The molecule has 1 amide bonds. The molecule has 0 atom stereocenters. The molecule has 4 aliphatic rings. The van der Waals surface area contributed by atoms with E-state index in [0.717, 1.165) is 45.2 Å². The first-order valence-corrected chi connectivity index (χ1v) is 13.1. The lowest BCUT2D eigenvalue weighted by Gasteiger charge is -2.38. The largest absolute Gasteiger partial charge is 0.444 e. The number of nitrogens with zero attached hydrogens (tertiary/aromatic N) is 1. The summed E-state index contributed by atoms with van der Waals surface area (Å²) in [6, 6.07) is 1.50. The third kappa shape index (κ3) is 16.2. The number of ether oxygens (including phenoxy) is 3. The summed E-state index contributed by atoms with van der Waals surface area (Å²) in [5.41, 5.74) is 5.47. The number of carbonyl (C=O) groups is 2. The van der Waals surface area contributed by atoms with Gasteiger partial charge in [0.25, 0.3) is 0 Å². The number of Topliss-reactive ketones (excluding diaryl/α,β-unsaturated/α-hetero) is 1. The SMILES string of the molecule is CC(C)(C)OC(=O)NC1CCNCC1.Cl.Cl.NC1CCN(C2CCOCC2)CC1.O=C1CCOCC1. The molecular weight excluding hydrogens is 507 g/mol. The van der Waals surface area contributed by atoms with Crippen molar-refractivity contribution < 1.29 is 23.8 Å². The van der Waals surface area contributed by atoms with Crippen LogP contribution in [-0.4, -0.2) is 93.1 Å². The van der Waals surface area contributed by atoms with Gasteiger partial charge in [0, 0.05) is 44.2 Å². The quantitative estimate of drug-likeness (QED) is 0.475. The zero-order chi connectivity index (χ0) is 24.8. The number of alkyl carbamates (subject to hydrolysis) is 1. The Labute approximate surface area is 230 Å². The number of halogens is 2. The summed E-state index contributed by atoms with van der Waals surface area (Å²) in [7, 11) is 0. The summed E-state index contributed by atoms with van der Waals surface area (Å²) in [5.74, 6) is 0.339. The van der Waals surface area contributed by atoms with Crippen LogP contribution in [0.2, 0.25) is 0 Å². The van der Waals surface area contributed by atoms with E-state index in [2.05, 4.69) is 15.5 Å². The van der Waals surface area contributed by atoms with Crippen molar-refractivity contribution in [3.63, 3.8) is 0 Å². The number of carbonyl (C=O) groups excluding carboxylic acids is 2. The maximum atomic E-state index is 11.4. The zero-order valence-electron chi connectivity index (χ0n) is 22.4. The van der Waals surface area contributed by atoms with Crippen molar-refractivity contribution in [1.82, 2.24) is 15.5 Å². The molecule has 11 heteroatoms. The topological polar surface area (TPSA) is 115 Å². The first-order chi connectivity index (χ1) is 16.2. The Morgan fingerprint density at radius 3 is 1.94 bits per heavy atom. The highest BCUT2D eigenvalue weighted by Gasteiger charge is 2.25. The Morgan fingerprint density at radius 1 is 0.944 bits per heavy atom. The van der Waals surface area contributed by atoms with Gasteiger partial charge in [0.1, 0.15) is 11.4 Å². The van der Waals surface area contributed by atoms with Gasteiger partial charge in [-0.1, -0.05) is 0 Å². The first-order valence-electron chi connectivity index (χ1n) is 13.1. The Kier molecular flexibility index (Phi) is 19.0. The van der Waals surface area contributed by atoms with E-state index < -0.39 is 5.60 Å². The van der Waals surface area contributed by atoms with E-state index in [4.69, 9.17) is 19.9 Å². The molecule has 0 aromatic carbocycles. The second-order valence-electron chi connectivity index (χ2n) is 10.5. The number of likely N-dealkylation sites (tertiary alicyclic amines) is 1. The molecule has 0 unspecified atom stereocenters. The van der Waals surface area contributed by atoms with Crippen molar-refractivity contribution in [2.45, 2.75) is 95.9 Å². The number of nitrogens with one attached hydrogen (secondary N) is 2. The van der Waals surface area contributed by atoms with Gasteiger partial charge in [-0.15, -0.1) is 24.8 Å². The van der Waals surface area contributed by atoms with Gasteiger partial charge < -0.3 is 35.5 Å². The van der Waals surface area contributed by atoms with Gasteiger partial charge in [-0.2, -0.15) is 0 Å². The van der Waals surface area contributed by atoms with Crippen molar-refractivity contribution in [2.24, 2.45) is 5.73 Å². The first kappa shape index (κ1) is 35.3. The summed E-state index contributed by atoms with van der Waals surface area (Å²) in [6.07, 6.45) is 7.71. The van der Waals surface area contributed by atoms with E-state index in [1.54, 1.807) is 0 Å². The van der Waals surface area contributed by atoms with E-state index in [9.17, 15) is 9.59 Å². The number of hydrogen-bond acceptors (Lipinski definition) is 8. The van der Waals surface area contributed by atoms with Crippen LogP contribution in [0.1, 0.15) is 72.1 Å². The fraction of sp³-hybridized carbons (Fsp3) is 0.920. The lowest BCUT2D eigenvalue weighted by atomic mass is 10.0. The average molecular weight is 558 g/mol. The normalized spacial score (nSPS) is 22.4. The Balaban J connectivity index is 0.000000520. The molecule has 4 N–H and O–H groups in total. The predicted octanol–water partition coefficient (Wildman–Crippen LogP) is 3.06. The summed E-state index contributed by atoms with van der Waals surface area (Å²) in [6.45, 7) is 13.1. The molecule has 214 valence electrons. The van der Waals surface area contributed by atoms with Crippen LogP contribution >= 0.6 is 24.8 Å². The zero-order valence-corrected chi connectivity index (χ0v) is 24.1. The van der Waals surface area contributed by atoms with E-state index >= 15 is 0 Å². The van der Waals surface area contributed by atoms with Gasteiger partial charge in [-0.3, -0.25) is 4.79 Å². The molecular formula is C25H50Cl2N4O5. The average Bonchev–Trinajstić information content (AvgIpc) is 2.81. The Morgan fingerprint density at radius 2 is 1.47 bits per heavy atom. The number of amides is 1. The molecule has 9 nitrogen and oxygen atoms in total. The van der Waals surface area contributed by atoms with Gasteiger partial charge in [-0.25, -0.2) is 4.79 Å². The second-order valence-corrected chi connectivity index (χ2v) is 10.5. The third-order valence-corrected chi connectivity index (χ3v) is 6.39. The van der Waals surface area contributed by atoms with Crippen molar-refractivity contribution in [1.29, 1.82) is 0 Å². The molecule has 4 heterocycles. The van der Waals surface area contributed by atoms with Gasteiger partial charge in [0.05, 0.1) is 13.2 Å². The van der Waals surface area contributed by atoms with Crippen LogP contribution in [0.3, 0.4) is 0 Å². The maximum Gasteiger partial charge on any atom is 0.407 e. The molecule has 36 heavy (non-hydrogen) atoms. The van der Waals surface area contributed by atoms with Crippen LogP contribution in [-0.2, 0) is 19.0 Å². The molecule has 0 spiro atoms. The fourth-order valence-corrected chi connectivity index (χ4v) is 4.37. The van der Waals surface area contributed by atoms with Crippen LogP contribution in [0.15, 0.2) is 0 Å². The van der Waals surface area contributed by atoms with E-state index in [1.165, 1.54) is 38.8 Å². The number of rotatable bonds is 2. The minimum absolute atomic E-state index is 0. The molecule has 0 aromatic rings. The van der Waals surface area contributed by atoms with Crippen molar-refractivity contribution >= 4 is 36.7 Å². The summed E-state index contributed by atoms with van der Waals surface area (Å²) in [4.78, 5) is 24.4. The Hall–Kier alpha value is -0.680. The standard InChI is InChI=1S/C10H20N2O2.C10H20N2O.C5H8O2.2ClH/c1-10(2,3)14-9(13)12-8-4-6-11-7-5-8;11-9-1-5-12(6-2-9)10-3-7-13-8-4-10;6-5-1-3-7-4-2-5;;/h8,11H,4-7H2,1-3H3,(H,12,13);9-10H,1-8,11H2;1-4H2;2*1H. The molecule has 0 bridgehead atoms. The van der Waals surface area contributed by atoms with Crippen molar-refractivity contribution in [2.75, 3.05) is 52.6 Å². The number of ketones is 1. The highest BCUT2D eigenvalue weighted by atomic mass is 35.5. The molecule has 4 aliphatic heterocycles. The van der Waals surface area contributed by atoms with Crippen LogP contribution in [0, 0.1) is 0 Å². The number of piperidine rings is 2. The molecule has 0 saturated carbocycles. The van der Waals surface area contributed by atoms with E-state index in [0.29, 0.717) is 37.9 Å². The van der Waals surface area contributed by atoms with E-state index in [-0.39, 0.29) is 36.9 Å². The highest BCUT2D eigenvalue weighted by Crippen LogP contribution is 2.19. The molecule has 4 saturated heterocycles. The summed E-state index contributed by atoms with van der Waals surface area (Å²) < 4.78 is 15.4.